The lowest BCUT2D eigenvalue weighted by Gasteiger charge is -2.20. The van der Waals surface area contributed by atoms with Crippen LogP contribution in [0.5, 0.6) is 0 Å². The van der Waals surface area contributed by atoms with E-state index < -0.39 is 5.41 Å². The van der Waals surface area contributed by atoms with Gasteiger partial charge in [-0.15, -0.1) is 0 Å². The molecule has 2 rings (SSSR count). The molecule has 1 aromatic rings. The van der Waals surface area contributed by atoms with Crippen LogP contribution in [0.3, 0.4) is 0 Å². The number of anilines is 1. The molecule has 1 atom stereocenters. The molecule has 0 spiro atoms. The topological polar surface area (TPSA) is 64.3 Å². The number of halogens is 1. The summed E-state index contributed by atoms with van der Waals surface area (Å²) in [5, 5.41) is 3.50. The summed E-state index contributed by atoms with van der Waals surface area (Å²) in [4.78, 5) is 12.0. The van der Waals surface area contributed by atoms with Crippen molar-refractivity contribution in [3.05, 3.63) is 27.8 Å². The Morgan fingerprint density at radius 2 is 2.16 bits per heavy atom. The number of methoxy groups -OCH3 is 1. The van der Waals surface area contributed by atoms with Gasteiger partial charge in [0.1, 0.15) is 0 Å². The number of rotatable bonds is 3. The first kappa shape index (κ1) is 14.3. The predicted octanol–water partition coefficient (Wildman–Crippen LogP) is 2.52. The van der Waals surface area contributed by atoms with Crippen LogP contribution >= 0.6 is 11.6 Å². The molecular formula is C14H19ClN2O2. The van der Waals surface area contributed by atoms with Crippen molar-refractivity contribution in [3.8, 4) is 0 Å². The molecule has 0 radical (unpaired) electrons. The van der Waals surface area contributed by atoms with Gasteiger partial charge in [0.2, 0.25) is 5.91 Å². The zero-order valence-corrected chi connectivity index (χ0v) is 12.4. The minimum atomic E-state index is -0.563. The van der Waals surface area contributed by atoms with Crippen molar-refractivity contribution in [3.63, 3.8) is 0 Å². The zero-order valence-electron chi connectivity index (χ0n) is 11.6. The third-order valence-electron chi connectivity index (χ3n) is 3.75. The van der Waals surface area contributed by atoms with Crippen LogP contribution < -0.4 is 11.1 Å². The smallest absolute Gasteiger partial charge is 0.234 e. The number of carbonyl (C=O) groups excluding carboxylic acids is 1. The summed E-state index contributed by atoms with van der Waals surface area (Å²) >= 11 is 6.36. The number of fused-ring (bicyclic) bond motifs is 1. The second kappa shape index (κ2) is 4.78. The molecule has 1 aliphatic rings. The number of carbonyl (C=O) groups is 1. The minimum Gasteiger partial charge on any atom is -0.383 e. The van der Waals surface area contributed by atoms with Crippen molar-refractivity contribution in [1.82, 2.24) is 0 Å². The highest BCUT2D eigenvalue weighted by atomic mass is 35.5. The summed E-state index contributed by atoms with van der Waals surface area (Å²) in [5.41, 5.74) is 8.96. The molecule has 0 saturated heterocycles. The molecule has 104 valence electrons. The van der Waals surface area contributed by atoms with E-state index in [4.69, 9.17) is 22.1 Å². The lowest BCUT2D eigenvalue weighted by molar-refractivity contribution is -0.119. The minimum absolute atomic E-state index is 0.0147. The first-order valence-electron chi connectivity index (χ1n) is 6.20. The molecule has 1 amide bonds. The molecule has 0 fully saturated rings. The Morgan fingerprint density at radius 1 is 1.53 bits per heavy atom. The maximum absolute atomic E-state index is 12.0. The van der Waals surface area contributed by atoms with Gasteiger partial charge in [-0.3, -0.25) is 4.79 Å². The second-order valence-corrected chi connectivity index (χ2v) is 5.85. The van der Waals surface area contributed by atoms with Crippen molar-refractivity contribution in [2.24, 2.45) is 5.73 Å². The molecule has 1 unspecified atom stereocenters. The van der Waals surface area contributed by atoms with E-state index in [1.165, 1.54) is 0 Å². The van der Waals surface area contributed by atoms with Gasteiger partial charge >= 0.3 is 0 Å². The van der Waals surface area contributed by atoms with E-state index in [1.54, 1.807) is 7.11 Å². The standard InChI is InChI=1S/C14H19ClN2O2/c1-7-11(15)8(10(16)6-19-4)5-9-12(7)17-13(18)14(9,2)3/h5,10H,6,16H2,1-4H3,(H,17,18). The average Bonchev–Trinajstić information content (AvgIpc) is 2.56. The van der Waals surface area contributed by atoms with Crippen LogP contribution in [0.15, 0.2) is 6.07 Å². The van der Waals surface area contributed by atoms with Crippen LogP contribution in [0, 0.1) is 6.92 Å². The number of nitrogens with one attached hydrogen (secondary N) is 1. The fraction of sp³-hybridized carbons (Fsp3) is 0.500. The molecule has 3 N–H and O–H groups in total. The Kier molecular flexibility index (Phi) is 3.60. The van der Waals surface area contributed by atoms with Gasteiger partial charge in [0.25, 0.3) is 0 Å². The van der Waals surface area contributed by atoms with Crippen molar-refractivity contribution in [2.75, 3.05) is 19.0 Å². The van der Waals surface area contributed by atoms with Crippen LogP contribution in [0.2, 0.25) is 5.02 Å². The summed E-state index contributed by atoms with van der Waals surface area (Å²) in [6, 6.07) is 1.62. The normalized spacial score (nSPS) is 18.1. The van der Waals surface area contributed by atoms with Crippen molar-refractivity contribution in [2.45, 2.75) is 32.2 Å². The van der Waals surface area contributed by atoms with E-state index in [0.717, 1.165) is 22.4 Å². The van der Waals surface area contributed by atoms with E-state index in [0.29, 0.717) is 11.6 Å². The van der Waals surface area contributed by atoms with Crippen molar-refractivity contribution < 1.29 is 9.53 Å². The number of ether oxygens (including phenoxy) is 1. The van der Waals surface area contributed by atoms with Crippen LogP contribution in [-0.4, -0.2) is 19.6 Å². The lowest BCUT2D eigenvalue weighted by atomic mass is 9.83. The van der Waals surface area contributed by atoms with Crippen LogP contribution in [-0.2, 0) is 14.9 Å². The number of hydrogen-bond donors (Lipinski definition) is 2. The van der Waals surface area contributed by atoms with Gasteiger partial charge in [0.15, 0.2) is 0 Å². The number of nitrogens with two attached hydrogens (primary N) is 1. The Balaban J connectivity index is 2.60. The van der Waals surface area contributed by atoms with Crippen LogP contribution in [0.1, 0.15) is 36.6 Å². The third-order valence-corrected chi connectivity index (χ3v) is 4.25. The van der Waals surface area contributed by atoms with Gasteiger partial charge in [-0.1, -0.05) is 11.6 Å². The van der Waals surface area contributed by atoms with Gasteiger partial charge in [-0.2, -0.15) is 0 Å². The maximum Gasteiger partial charge on any atom is 0.234 e. The van der Waals surface area contributed by atoms with Gasteiger partial charge in [-0.25, -0.2) is 0 Å². The molecule has 0 saturated carbocycles. The quantitative estimate of drug-likeness (QED) is 0.895. The Morgan fingerprint density at radius 3 is 2.74 bits per heavy atom. The average molecular weight is 283 g/mol. The first-order valence-corrected chi connectivity index (χ1v) is 6.58. The van der Waals surface area contributed by atoms with Gasteiger partial charge < -0.3 is 15.8 Å². The van der Waals surface area contributed by atoms with Gasteiger partial charge in [0.05, 0.1) is 23.1 Å². The van der Waals surface area contributed by atoms with Crippen LogP contribution in [0.25, 0.3) is 0 Å². The van der Waals surface area contributed by atoms with Crippen molar-refractivity contribution in [1.29, 1.82) is 0 Å². The summed E-state index contributed by atoms with van der Waals surface area (Å²) in [6.07, 6.45) is 0. The van der Waals surface area contributed by atoms with Crippen molar-refractivity contribution >= 4 is 23.2 Å². The Labute approximate surface area is 118 Å². The zero-order chi connectivity index (χ0) is 14.4. The van der Waals surface area contributed by atoms with Crippen LogP contribution in [0.4, 0.5) is 5.69 Å². The molecule has 19 heavy (non-hydrogen) atoms. The largest absolute Gasteiger partial charge is 0.383 e. The van der Waals surface area contributed by atoms with E-state index in [-0.39, 0.29) is 11.9 Å². The Hall–Kier alpha value is -1.10. The molecule has 0 aromatic heterocycles. The van der Waals surface area contributed by atoms with E-state index in [2.05, 4.69) is 5.32 Å². The predicted molar refractivity (Wildman–Crippen MR) is 76.6 cm³/mol. The molecule has 0 bridgehead atoms. The van der Waals surface area contributed by atoms with E-state index in [9.17, 15) is 4.79 Å². The highest BCUT2D eigenvalue weighted by Gasteiger charge is 2.40. The molecule has 1 aromatic carbocycles. The molecule has 4 nitrogen and oxygen atoms in total. The number of amides is 1. The summed E-state index contributed by atoms with van der Waals surface area (Å²) in [7, 11) is 1.60. The van der Waals surface area contributed by atoms with E-state index in [1.807, 2.05) is 26.8 Å². The molecule has 5 heteroatoms. The molecular weight excluding hydrogens is 264 g/mol. The molecule has 1 heterocycles. The summed E-state index contributed by atoms with van der Waals surface area (Å²) in [6.45, 7) is 6.08. The summed E-state index contributed by atoms with van der Waals surface area (Å²) in [5.74, 6) is -0.0147. The Bertz CT molecular complexity index is 541. The maximum atomic E-state index is 12.0. The highest BCUT2D eigenvalue weighted by Crippen LogP contribution is 2.44. The monoisotopic (exact) mass is 282 g/mol. The lowest BCUT2D eigenvalue weighted by Crippen LogP contribution is -2.27. The molecule has 0 aliphatic carbocycles. The first-order chi connectivity index (χ1) is 8.80. The number of hydrogen-bond acceptors (Lipinski definition) is 3. The third kappa shape index (κ3) is 2.14. The molecule has 1 aliphatic heterocycles. The SMILES string of the molecule is COCC(N)c1cc2c(c(C)c1Cl)NC(=O)C2(C)C. The fourth-order valence-corrected chi connectivity index (χ4v) is 2.69. The second-order valence-electron chi connectivity index (χ2n) is 5.47. The number of benzene rings is 1. The van der Waals surface area contributed by atoms with Gasteiger partial charge in [0, 0.05) is 12.8 Å². The van der Waals surface area contributed by atoms with Gasteiger partial charge in [-0.05, 0) is 43.5 Å². The van der Waals surface area contributed by atoms with E-state index >= 15 is 0 Å². The fourth-order valence-electron chi connectivity index (χ4n) is 2.40. The summed E-state index contributed by atoms with van der Waals surface area (Å²) < 4.78 is 5.08. The highest BCUT2D eigenvalue weighted by molar-refractivity contribution is 6.33.